The van der Waals surface area contributed by atoms with Crippen LogP contribution in [0.15, 0.2) is 29.4 Å². The summed E-state index contributed by atoms with van der Waals surface area (Å²) in [5, 5.41) is 9.71. The third-order valence-electron chi connectivity index (χ3n) is 3.62. The fourth-order valence-corrected chi connectivity index (χ4v) is 3.25. The monoisotopic (exact) mass is 328 g/mol. The maximum Gasteiger partial charge on any atom is 0.232 e. The van der Waals surface area contributed by atoms with Crippen LogP contribution in [0.4, 0.5) is 5.95 Å². The summed E-state index contributed by atoms with van der Waals surface area (Å²) in [7, 11) is 0. The number of morpholine rings is 1. The van der Waals surface area contributed by atoms with E-state index in [1.165, 1.54) is 5.56 Å². The Labute approximate surface area is 141 Å². The molecular formula is C17H20N4OS. The van der Waals surface area contributed by atoms with Gasteiger partial charge >= 0.3 is 0 Å². The molecule has 120 valence electrons. The molecule has 0 N–H and O–H groups in total. The van der Waals surface area contributed by atoms with Crippen molar-refractivity contribution in [1.82, 2.24) is 14.8 Å². The largest absolute Gasteiger partial charge is 0.378 e. The zero-order valence-corrected chi connectivity index (χ0v) is 14.3. The molecule has 3 rings (SSSR count). The molecule has 0 bridgehead atoms. The van der Waals surface area contributed by atoms with E-state index in [1.807, 2.05) is 6.92 Å². The summed E-state index contributed by atoms with van der Waals surface area (Å²) in [6.07, 6.45) is 0. The van der Waals surface area contributed by atoms with E-state index in [9.17, 15) is 0 Å². The van der Waals surface area contributed by atoms with Crippen molar-refractivity contribution in [2.45, 2.75) is 19.0 Å². The summed E-state index contributed by atoms with van der Waals surface area (Å²) < 4.78 is 7.57. The van der Waals surface area contributed by atoms with Crippen molar-refractivity contribution in [3.63, 3.8) is 0 Å². The quantitative estimate of drug-likeness (QED) is 0.637. The maximum atomic E-state index is 5.45. The van der Waals surface area contributed by atoms with Crippen molar-refractivity contribution in [3.05, 3.63) is 29.8 Å². The fraction of sp³-hybridized carbons (Fsp3) is 0.412. The van der Waals surface area contributed by atoms with Gasteiger partial charge in [-0.2, -0.15) is 0 Å². The molecule has 1 aliphatic rings. The lowest BCUT2D eigenvalue weighted by molar-refractivity contribution is 0.122. The second-order valence-electron chi connectivity index (χ2n) is 5.27. The number of anilines is 1. The van der Waals surface area contributed by atoms with Crippen molar-refractivity contribution in [2.24, 2.45) is 0 Å². The van der Waals surface area contributed by atoms with E-state index in [4.69, 9.17) is 4.74 Å². The van der Waals surface area contributed by atoms with Crippen molar-refractivity contribution in [1.29, 1.82) is 0 Å². The number of aromatic nitrogens is 3. The summed E-state index contributed by atoms with van der Waals surface area (Å²) >= 11 is 1.61. The summed E-state index contributed by atoms with van der Waals surface area (Å²) in [5.41, 5.74) is 2.30. The highest BCUT2D eigenvalue weighted by molar-refractivity contribution is 7.99. The molecular weight excluding hydrogens is 308 g/mol. The standard InChI is InChI=1S/C17H20N4OS/c1-3-4-12-23-17-19-18-16(20-8-10-22-11-9-20)21(17)15-7-5-6-14(2)13-15/h5-7,13H,8-12H2,1-2H3. The summed E-state index contributed by atoms with van der Waals surface area (Å²) in [5.74, 6) is 7.59. The Hall–Kier alpha value is -1.97. The zero-order valence-electron chi connectivity index (χ0n) is 13.5. The van der Waals surface area contributed by atoms with Crippen LogP contribution in [-0.2, 0) is 4.74 Å². The third-order valence-corrected chi connectivity index (χ3v) is 4.43. The number of aryl methyl sites for hydroxylation is 1. The molecule has 0 amide bonds. The molecule has 1 aliphatic heterocycles. The van der Waals surface area contributed by atoms with E-state index in [0.29, 0.717) is 5.75 Å². The minimum Gasteiger partial charge on any atom is -0.378 e. The molecule has 2 heterocycles. The number of nitrogens with zero attached hydrogens (tertiary/aromatic N) is 4. The van der Waals surface area contributed by atoms with Gasteiger partial charge in [-0.25, -0.2) is 0 Å². The first-order chi connectivity index (χ1) is 11.3. The van der Waals surface area contributed by atoms with Crippen LogP contribution < -0.4 is 4.90 Å². The van der Waals surface area contributed by atoms with Crippen LogP contribution in [0.2, 0.25) is 0 Å². The van der Waals surface area contributed by atoms with E-state index in [1.54, 1.807) is 11.8 Å². The van der Waals surface area contributed by atoms with E-state index in [-0.39, 0.29) is 0 Å². The third kappa shape index (κ3) is 3.69. The van der Waals surface area contributed by atoms with Crippen LogP contribution in [0.5, 0.6) is 0 Å². The smallest absolute Gasteiger partial charge is 0.232 e. The van der Waals surface area contributed by atoms with Crippen LogP contribution in [0.25, 0.3) is 5.69 Å². The minimum absolute atomic E-state index is 0.712. The number of thioether (sulfide) groups is 1. The van der Waals surface area contributed by atoms with E-state index in [2.05, 4.69) is 62.7 Å². The number of hydrogen-bond donors (Lipinski definition) is 0. The van der Waals surface area contributed by atoms with Crippen molar-refractivity contribution < 1.29 is 4.74 Å². The Morgan fingerprint density at radius 3 is 2.83 bits per heavy atom. The van der Waals surface area contributed by atoms with Gasteiger partial charge in [0, 0.05) is 13.1 Å². The van der Waals surface area contributed by atoms with Crippen molar-refractivity contribution >= 4 is 17.7 Å². The van der Waals surface area contributed by atoms with Crippen LogP contribution >= 0.6 is 11.8 Å². The topological polar surface area (TPSA) is 43.2 Å². The van der Waals surface area contributed by atoms with Gasteiger partial charge in [0.05, 0.1) is 24.7 Å². The van der Waals surface area contributed by atoms with Gasteiger partial charge in [0.15, 0.2) is 5.16 Å². The molecule has 0 saturated carbocycles. The predicted octanol–water partition coefficient (Wildman–Crippen LogP) is 2.53. The van der Waals surface area contributed by atoms with Crippen molar-refractivity contribution in [2.75, 3.05) is 37.0 Å². The van der Waals surface area contributed by atoms with Gasteiger partial charge in [-0.1, -0.05) is 29.8 Å². The number of ether oxygens (including phenoxy) is 1. The second-order valence-corrected chi connectivity index (χ2v) is 6.21. The highest BCUT2D eigenvalue weighted by Gasteiger charge is 2.21. The molecule has 1 aromatic carbocycles. The summed E-state index contributed by atoms with van der Waals surface area (Å²) in [6, 6.07) is 8.41. The first kappa shape index (κ1) is 15.9. The molecule has 0 radical (unpaired) electrons. The zero-order chi connectivity index (χ0) is 16.1. The van der Waals surface area contributed by atoms with E-state index in [0.717, 1.165) is 43.1 Å². The van der Waals surface area contributed by atoms with Gasteiger partial charge in [0.2, 0.25) is 5.95 Å². The van der Waals surface area contributed by atoms with Gasteiger partial charge in [-0.3, -0.25) is 4.57 Å². The molecule has 1 fully saturated rings. The molecule has 2 aromatic rings. The molecule has 23 heavy (non-hydrogen) atoms. The van der Waals surface area contributed by atoms with E-state index >= 15 is 0 Å². The molecule has 0 atom stereocenters. The maximum absolute atomic E-state index is 5.45. The van der Waals surface area contributed by atoms with Gasteiger partial charge in [0.1, 0.15) is 0 Å². The molecule has 0 unspecified atom stereocenters. The lowest BCUT2D eigenvalue weighted by atomic mass is 10.2. The van der Waals surface area contributed by atoms with Crippen LogP contribution in [0.1, 0.15) is 12.5 Å². The van der Waals surface area contributed by atoms with Crippen LogP contribution in [-0.4, -0.2) is 46.8 Å². The average molecular weight is 328 g/mol. The highest BCUT2D eigenvalue weighted by Crippen LogP contribution is 2.27. The average Bonchev–Trinajstić information content (AvgIpc) is 3.00. The number of benzene rings is 1. The molecule has 0 spiro atoms. The Bertz CT molecular complexity index is 726. The molecule has 1 saturated heterocycles. The van der Waals surface area contributed by atoms with Crippen LogP contribution in [0, 0.1) is 18.8 Å². The fourth-order valence-electron chi connectivity index (χ4n) is 2.49. The first-order valence-electron chi connectivity index (χ1n) is 7.67. The van der Waals surface area contributed by atoms with Crippen molar-refractivity contribution in [3.8, 4) is 17.5 Å². The normalized spacial score (nSPS) is 14.4. The molecule has 5 nitrogen and oxygen atoms in total. The Kier molecular flexibility index (Phi) is 5.21. The number of hydrogen-bond acceptors (Lipinski definition) is 5. The minimum atomic E-state index is 0.712. The summed E-state index contributed by atoms with van der Waals surface area (Å²) in [4.78, 5) is 2.23. The second kappa shape index (κ2) is 7.53. The lowest BCUT2D eigenvalue weighted by Crippen LogP contribution is -2.37. The Morgan fingerprint density at radius 1 is 1.26 bits per heavy atom. The van der Waals surface area contributed by atoms with Gasteiger partial charge in [-0.15, -0.1) is 16.1 Å². The molecule has 0 aliphatic carbocycles. The SMILES string of the molecule is CC#CCSc1nnc(N2CCOCC2)n1-c1cccc(C)c1. The highest BCUT2D eigenvalue weighted by atomic mass is 32.2. The molecule has 6 heteroatoms. The van der Waals surface area contributed by atoms with Gasteiger partial charge in [-0.05, 0) is 31.5 Å². The Balaban J connectivity index is 1.99. The summed E-state index contributed by atoms with van der Waals surface area (Å²) in [6.45, 7) is 7.07. The van der Waals surface area contributed by atoms with Gasteiger partial charge < -0.3 is 9.64 Å². The lowest BCUT2D eigenvalue weighted by Gasteiger charge is -2.28. The van der Waals surface area contributed by atoms with E-state index < -0.39 is 0 Å². The van der Waals surface area contributed by atoms with Gasteiger partial charge in [0.25, 0.3) is 0 Å². The number of rotatable bonds is 4. The Morgan fingerprint density at radius 2 is 2.09 bits per heavy atom. The first-order valence-corrected chi connectivity index (χ1v) is 8.65. The predicted molar refractivity (Wildman–Crippen MR) is 93.3 cm³/mol. The molecule has 1 aromatic heterocycles. The van der Waals surface area contributed by atoms with Crippen LogP contribution in [0.3, 0.4) is 0 Å².